The first-order chi connectivity index (χ1) is 9.47. The van der Waals surface area contributed by atoms with Crippen molar-refractivity contribution >= 4 is 23.4 Å². The molecule has 0 bridgehead atoms. The number of imide groups is 1. The highest BCUT2D eigenvalue weighted by atomic mass is 16.5. The summed E-state index contributed by atoms with van der Waals surface area (Å²) in [4.78, 5) is 21.6. The lowest BCUT2D eigenvalue weighted by Gasteiger charge is -2.07. The third-order valence-electron chi connectivity index (χ3n) is 2.26. The van der Waals surface area contributed by atoms with Gasteiger partial charge in [0.2, 0.25) is 5.71 Å². The van der Waals surface area contributed by atoms with E-state index in [4.69, 9.17) is 15.1 Å². The van der Waals surface area contributed by atoms with Crippen LogP contribution in [0.25, 0.3) is 0 Å². The number of carbonyl (C=O) groups is 2. The minimum atomic E-state index is -1.56. The fourth-order valence-electron chi connectivity index (χ4n) is 1.29. The first-order valence-corrected chi connectivity index (χ1v) is 5.40. The zero-order valence-corrected chi connectivity index (χ0v) is 10.8. The van der Waals surface area contributed by atoms with Crippen molar-refractivity contribution in [2.45, 2.75) is 6.92 Å². The van der Waals surface area contributed by atoms with Crippen LogP contribution < -0.4 is 15.5 Å². The summed E-state index contributed by atoms with van der Waals surface area (Å²) in [5.74, 6) is -0.445. The van der Waals surface area contributed by atoms with Gasteiger partial charge in [0, 0.05) is 0 Å². The normalized spacial score (nSPS) is 10.3. The summed E-state index contributed by atoms with van der Waals surface area (Å²) in [5.41, 5.74) is 3.27. The molecule has 0 aliphatic rings. The maximum Gasteiger partial charge on any atom is 0.411 e. The minimum Gasteiger partial charge on any atom is -0.497 e. The molecule has 0 aromatic heterocycles. The molecule has 1 aromatic carbocycles. The molecule has 104 valence electrons. The van der Waals surface area contributed by atoms with Crippen molar-refractivity contribution in [3.8, 4) is 11.8 Å². The van der Waals surface area contributed by atoms with Crippen LogP contribution in [0.1, 0.15) is 5.56 Å². The van der Waals surface area contributed by atoms with Gasteiger partial charge >= 0.3 is 6.09 Å². The molecule has 0 saturated carbocycles. The second-order valence-electron chi connectivity index (χ2n) is 3.62. The minimum absolute atomic E-state index is 0.557. The number of hydrogen-bond donors (Lipinski definition) is 3. The molecule has 0 heterocycles. The standard InChI is InChI=1S/C12H12N4O4/c1-7-5-8(20-2)3-4-9(7)15-16-10(6-13)11(17)14-12(18)19/h3-5,15H,1-2H3,(H,14,17)(H,18,19). The summed E-state index contributed by atoms with van der Waals surface area (Å²) in [7, 11) is 1.53. The molecule has 20 heavy (non-hydrogen) atoms. The van der Waals surface area contributed by atoms with E-state index in [0.717, 1.165) is 5.56 Å². The quantitative estimate of drug-likeness (QED) is 0.558. The van der Waals surface area contributed by atoms with Crippen LogP contribution in [-0.2, 0) is 4.79 Å². The lowest BCUT2D eigenvalue weighted by molar-refractivity contribution is -0.113. The Hall–Kier alpha value is -3.08. The number of amides is 2. The highest BCUT2D eigenvalue weighted by Gasteiger charge is 2.13. The van der Waals surface area contributed by atoms with Gasteiger partial charge in [0.05, 0.1) is 12.8 Å². The Labute approximate surface area is 114 Å². The lowest BCUT2D eigenvalue weighted by atomic mass is 10.2. The average molecular weight is 276 g/mol. The molecule has 8 heteroatoms. The largest absolute Gasteiger partial charge is 0.497 e. The second kappa shape index (κ2) is 6.75. The average Bonchev–Trinajstić information content (AvgIpc) is 2.40. The number of anilines is 1. The molecule has 3 N–H and O–H groups in total. The number of aryl methyl sites for hydroxylation is 1. The van der Waals surface area contributed by atoms with Crippen molar-refractivity contribution in [1.29, 1.82) is 5.26 Å². The van der Waals surface area contributed by atoms with Crippen LogP contribution in [0.3, 0.4) is 0 Å². The van der Waals surface area contributed by atoms with Crippen molar-refractivity contribution in [1.82, 2.24) is 5.32 Å². The van der Waals surface area contributed by atoms with Gasteiger partial charge in [0.1, 0.15) is 11.8 Å². The molecule has 0 saturated heterocycles. The zero-order valence-electron chi connectivity index (χ0n) is 10.8. The molecule has 0 atom stereocenters. The molecule has 0 spiro atoms. The van der Waals surface area contributed by atoms with Gasteiger partial charge in [0.25, 0.3) is 5.91 Å². The van der Waals surface area contributed by atoms with Crippen LogP contribution in [0.15, 0.2) is 23.3 Å². The fraction of sp³-hybridized carbons (Fsp3) is 0.167. The van der Waals surface area contributed by atoms with Crippen molar-refractivity contribution in [2.24, 2.45) is 5.10 Å². The van der Waals surface area contributed by atoms with Crippen LogP contribution in [0.4, 0.5) is 10.5 Å². The Kier molecular flexibility index (Phi) is 5.05. The van der Waals surface area contributed by atoms with E-state index >= 15 is 0 Å². The van der Waals surface area contributed by atoms with E-state index in [0.29, 0.717) is 11.4 Å². The number of nitrogens with zero attached hydrogens (tertiary/aromatic N) is 2. The summed E-state index contributed by atoms with van der Waals surface area (Å²) < 4.78 is 5.03. The smallest absolute Gasteiger partial charge is 0.411 e. The van der Waals surface area contributed by atoms with Crippen molar-refractivity contribution in [2.75, 3.05) is 12.5 Å². The molecular weight excluding hydrogens is 264 g/mol. The maximum absolute atomic E-state index is 11.3. The highest BCUT2D eigenvalue weighted by Crippen LogP contribution is 2.20. The predicted octanol–water partition coefficient (Wildman–Crippen LogP) is 1.09. The molecule has 2 amide bonds. The van der Waals surface area contributed by atoms with Crippen molar-refractivity contribution in [3.05, 3.63) is 23.8 Å². The monoisotopic (exact) mass is 276 g/mol. The number of nitrogens with one attached hydrogen (secondary N) is 2. The molecule has 0 aliphatic carbocycles. The molecule has 8 nitrogen and oxygen atoms in total. The molecule has 1 aromatic rings. The molecule has 0 fully saturated rings. The zero-order chi connectivity index (χ0) is 15.1. The van der Waals surface area contributed by atoms with Gasteiger partial charge in [0.15, 0.2) is 0 Å². The van der Waals surface area contributed by atoms with E-state index in [2.05, 4.69) is 10.5 Å². The van der Waals surface area contributed by atoms with Gasteiger partial charge in [-0.2, -0.15) is 10.4 Å². The summed E-state index contributed by atoms with van der Waals surface area (Å²) in [6.45, 7) is 1.78. The Morgan fingerprint density at radius 3 is 2.65 bits per heavy atom. The number of benzene rings is 1. The van der Waals surface area contributed by atoms with Gasteiger partial charge in [-0.1, -0.05) is 0 Å². The number of carbonyl (C=O) groups excluding carboxylic acids is 1. The number of methoxy groups -OCH3 is 1. The van der Waals surface area contributed by atoms with E-state index < -0.39 is 17.7 Å². The number of carboxylic acid groups (broad SMARTS) is 1. The van der Waals surface area contributed by atoms with E-state index in [1.165, 1.54) is 18.5 Å². The first-order valence-electron chi connectivity index (χ1n) is 5.40. The third kappa shape index (κ3) is 3.99. The van der Waals surface area contributed by atoms with Crippen molar-refractivity contribution in [3.63, 3.8) is 0 Å². The van der Waals surface area contributed by atoms with E-state index in [-0.39, 0.29) is 0 Å². The van der Waals surface area contributed by atoms with Crippen LogP contribution in [-0.4, -0.2) is 29.9 Å². The summed E-state index contributed by atoms with van der Waals surface area (Å²) in [5, 5.41) is 22.2. The molecule has 0 aliphatic heterocycles. The third-order valence-corrected chi connectivity index (χ3v) is 2.26. The maximum atomic E-state index is 11.3. The summed E-state index contributed by atoms with van der Waals surface area (Å²) >= 11 is 0. The fourth-order valence-corrected chi connectivity index (χ4v) is 1.29. The summed E-state index contributed by atoms with van der Waals surface area (Å²) in [6.07, 6.45) is -1.56. The number of ether oxygens (including phenoxy) is 1. The highest BCUT2D eigenvalue weighted by molar-refractivity contribution is 6.46. The van der Waals surface area contributed by atoms with Gasteiger partial charge in [-0.05, 0) is 30.7 Å². The molecular formula is C12H12N4O4. The van der Waals surface area contributed by atoms with Crippen LogP contribution in [0.5, 0.6) is 5.75 Å². The van der Waals surface area contributed by atoms with Crippen LogP contribution in [0.2, 0.25) is 0 Å². The lowest BCUT2D eigenvalue weighted by Crippen LogP contribution is -2.34. The second-order valence-corrected chi connectivity index (χ2v) is 3.62. The van der Waals surface area contributed by atoms with E-state index in [9.17, 15) is 9.59 Å². The summed E-state index contributed by atoms with van der Waals surface area (Å²) in [6, 6.07) is 6.57. The topological polar surface area (TPSA) is 124 Å². The van der Waals surface area contributed by atoms with Crippen molar-refractivity contribution < 1.29 is 19.4 Å². The number of hydrogen-bond acceptors (Lipinski definition) is 6. The molecule has 1 rings (SSSR count). The number of hydrazone groups is 1. The van der Waals surface area contributed by atoms with Gasteiger partial charge in [-0.25, -0.2) is 4.79 Å². The number of nitriles is 1. The Balaban J connectivity index is 2.87. The number of rotatable bonds is 4. The van der Waals surface area contributed by atoms with E-state index in [1.807, 2.05) is 0 Å². The van der Waals surface area contributed by atoms with Gasteiger partial charge < -0.3 is 9.84 Å². The predicted molar refractivity (Wildman–Crippen MR) is 70.6 cm³/mol. The van der Waals surface area contributed by atoms with Crippen LogP contribution in [0, 0.1) is 18.3 Å². The van der Waals surface area contributed by atoms with E-state index in [1.54, 1.807) is 25.1 Å². The van der Waals surface area contributed by atoms with Gasteiger partial charge in [-0.15, -0.1) is 0 Å². The first kappa shape index (κ1) is 15.0. The molecule has 0 unspecified atom stereocenters. The Bertz CT molecular complexity index is 604. The SMILES string of the molecule is COc1ccc(NN=C(C#N)C(=O)NC(=O)O)c(C)c1. The van der Waals surface area contributed by atoms with Gasteiger partial charge in [-0.3, -0.25) is 15.5 Å². The van der Waals surface area contributed by atoms with Crippen LogP contribution >= 0.6 is 0 Å². The Morgan fingerprint density at radius 2 is 2.15 bits per heavy atom. The molecule has 0 radical (unpaired) electrons. The Morgan fingerprint density at radius 1 is 1.45 bits per heavy atom.